The molecule has 0 aliphatic carbocycles. The third-order valence-electron chi connectivity index (χ3n) is 1.18. The summed E-state index contributed by atoms with van der Waals surface area (Å²) in [6.07, 6.45) is -2.22. The molecular formula is C7H9F3OS. The van der Waals surface area contributed by atoms with Crippen molar-refractivity contribution < 1.29 is 17.7 Å². The Kier molecular flexibility index (Phi) is 5.08. The lowest BCUT2D eigenvalue weighted by Gasteiger charge is -2.07. The molecule has 0 amide bonds. The molecule has 0 saturated heterocycles. The minimum Gasteiger partial charge on any atom is -0.326 e. The van der Waals surface area contributed by atoms with Gasteiger partial charge in [-0.25, -0.2) is 0 Å². The van der Waals surface area contributed by atoms with Crippen molar-refractivity contribution in [1.29, 1.82) is 0 Å². The van der Waals surface area contributed by atoms with E-state index in [-0.39, 0.29) is 6.42 Å². The fraction of sp³-hybridized carbons (Fsp3) is 0.429. The van der Waals surface area contributed by atoms with Crippen LogP contribution in [0.3, 0.4) is 0 Å². The first-order chi connectivity index (χ1) is 5.52. The predicted molar refractivity (Wildman–Crippen MR) is 43.8 cm³/mol. The Morgan fingerprint density at radius 2 is 2.08 bits per heavy atom. The van der Waals surface area contributed by atoms with E-state index in [1.807, 2.05) is 0 Å². The van der Waals surface area contributed by atoms with E-state index in [1.165, 1.54) is 12.3 Å². The molecule has 1 nitrogen and oxygen atoms in total. The fourth-order valence-corrected chi connectivity index (χ4v) is 0.752. The van der Waals surface area contributed by atoms with E-state index in [4.69, 9.17) is 4.55 Å². The average molecular weight is 198 g/mol. The molecule has 1 N–H and O–H groups in total. The number of rotatable bonds is 3. The highest BCUT2D eigenvalue weighted by molar-refractivity contribution is 7.96. The topological polar surface area (TPSA) is 20.2 Å². The SMILES string of the molecule is CC/C(=C\C=C\SO)C(F)(F)F. The molecule has 0 unspecified atom stereocenters. The molecule has 70 valence electrons. The number of hydrogen-bond donors (Lipinski definition) is 1. The Morgan fingerprint density at radius 3 is 2.42 bits per heavy atom. The molecular weight excluding hydrogens is 189 g/mol. The summed E-state index contributed by atoms with van der Waals surface area (Å²) in [5, 5.41) is 1.17. The molecule has 0 aliphatic rings. The van der Waals surface area contributed by atoms with Crippen LogP contribution < -0.4 is 0 Å². The zero-order chi connectivity index (χ0) is 9.61. The van der Waals surface area contributed by atoms with Gasteiger partial charge in [0.25, 0.3) is 0 Å². The highest BCUT2D eigenvalue weighted by Gasteiger charge is 2.31. The maximum atomic E-state index is 12.0. The highest BCUT2D eigenvalue weighted by Crippen LogP contribution is 2.27. The van der Waals surface area contributed by atoms with Crippen LogP contribution in [0, 0.1) is 0 Å². The van der Waals surface area contributed by atoms with Crippen molar-refractivity contribution in [2.75, 3.05) is 0 Å². The molecule has 0 fully saturated rings. The zero-order valence-corrected chi connectivity index (χ0v) is 7.25. The maximum absolute atomic E-state index is 12.0. The van der Waals surface area contributed by atoms with E-state index in [9.17, 15) is 13.2 Å². The van der Waals surface area contributed by atoms with Gasteiger partial charge in [-0.15, -0.1) is 0 Å². The number of alkyl halides is 3. The Bertz CT molecular complexity index is 184. The van der Waals surface area contributed by atoms with E-state index in [0.29, 0.717) is 12.0 Å². The van der Waals surface area contributed by atoms with Crippen molar-refractivity contribution in [1.82, 2.24) is 0 Å². The Balaban J connectivity index is 4.34. The first-order valence-electron chi connectivity index (χ1n) is 3.25. The molecule has 0 radical (unpaired) electrons. The van der Waals surface area contributed by atoms with Crippen LogP contribution in [0.25, 0.3) is 0 Å². The van der Waals surface area contributed by atoms with Gasteiger partial charge in [0.05, 0.1) is 0 Å². The van der Waals surface area contributed by atoms with Crippen LogP contribution in [-0.2, 0) is 0 Å². The molecule has 5 heteroatoms. The predicted octanol–water partition coefficient (Wildman–Crippen LogP) is 3.61. The van der Waals surface area contributed by atoms with Gasteiger partial charge in [-0.05, 0) is 11.8 Å². The largest absolute Gasteiger partial charge is 0.412 e. The van der Waals surface area contributed by atoms with Crippen molar-refractivity contribution in [3.63, 3.8) is 0 Å². The van der Waals surface area contributed by atoms with Crippen LogP contribution in [0.2, 0.25) is 0 Å². The summed E-state index contributed by atoms with van der Waals surface area (Å²) in [7, 11) is 0. The van der Waals surface area contributed by atoms with Crippen LogP contribution in [-0.4, -0.2) is 10.7 Å². The van der Waals surface area contributed by atoms with Gasteiger partial charge in [0.1, 0.15) is 0 Å². The molecule has 0 aromatic rings. The summed E-state index contributed by atoms with van der Waals surface area (Å²) in [6.45, 7) is 1.43. The molecule has 0 atom stereocenters. The fourth-order valence-electron chi connectivity index (χ4n) is 0.603. The van der Waals surface area contributed by atoms with Gasteiger partial charge >= 0.3 is 6.18 Å². The van der Waals surface area contributed by atoms with Crippen LogP contribution in [0.1, 0.15) is 13.3 Å². The first kappa shape index (κ1) is 11.6. The van der Waals surface area contributed by atoms with E-state index in [0.717, 1.165) is 12.2 Å². The molecule has 12 heavy (non-hydrogen) atoms. The summed E-state index contributed by atoms with van der Waals surface area (Å²) in [5.74, 6) is 0. The molecule has 0 spiro atoms. The molecule has 0 bridgehead atoms. The monoisotopic (exact) mass is 198 g/mol. The van der Waals surface area contributed by atoms with Crippen molar-refractivity contribution in [2.24, 2.45) is 0 Å². The minimum atomic E-state index is -4.26. The van der Waals surface area contributed by atoms with E-state index >= 15 is 0 Å². The van der Waals surface area contributed by atoms with E-state index in [1.54, 1.807) is 0 Å². The highest BCUT2D eigenvalue weighted by atomic mass is 32.2. The molecule has 0 saturated carbocycles. The summed E-state index contributed by atoms with van der Waals surface area (Å²) < 4.78 is 44.1. The Labute approximate surface area is 73.2 Å². The average Bonchev–Trinajstić information content (AvgIpc) is 1.95. The molecule has 0 aliphatic heterocycles. The Hall–Kier alpha value is -0.420. The van der Waals surface area contributed by atoms with Crippen molar-refractivity contribution in [2.45, 2.75) is 19.5 Å². The lowest BCUT2D eigenvalue weighted by molar-refractivity contribution is -0.0935. The molecule has 0 aromatic carbocycles. The van der Waals surface area contributed by atoms with Crippen LogP contribution in [0.15, 0.2) is 23.1 Å². The molecule has 0 heterocycles. The third-order valence-corrected chi connectivity index (χ3v) is 1.46. The Morgan fingerprint density at radius 1 is 1.50 bits per heavy atom. The van der Waals surface area contributed by atoms with Gasteiger partial charge in [0.2, 0.25) is 0 Å². The molecule has 0 aromatic heterocycles. The summed E-state index contributed by atoms with van der Waals surface area (Å²) in [5.41, 5.74) is -0.604. The lowest BCUT2D eigenvalue weighted by Crippen LogP contribution is -2.10. The van der Waals surface area contributed by atoms with Gasteiger partial charge in [0.15, 0.2) is 0 Å². The zero-order valence-electron chi connectivity index (χ0n) is 6.43. The van der Waals surface area contributed by atoms with Crippen molar-refractivity contribution in [3.05, 3.63) is 23.1 Å². The van der Waals surface area contributed by atoms with Crippen molar-refractivity contribution in [3.8, 4) is 0 Å². The van der Waals surface area contributed by atoms with Gasteiger partial charge in [-0.3, -0.25) is 0 Å². The second kappa shape index (κ2) is 5.27. The lowest BCUT2D eigenvalue weighted by atomic mass is 10.2. The first-order valence-corrected chi connectivity index (χ1v) is 4.09. The molecule has 0 rings (SSSR count). The second-order valence-electron chi connectivity index (χ2n) is 1.98. The van der Waals surface area contributed by atoms with Gasteiger partial charge in [0, 0.05) is 17.6 Å². The van der Waals surface area contributed by atoms with E-state index in [2.05, 4.69) is 0 Å². The smallest absolute Gasteiger partial charge is 0.326 e. The summed E-state index contributed by atoms with van der Waals surface area (Å²) in [4.78, 5) is 0. The quantitative estimate of drug-likeness (QED) is 0.552. The standard InChI is InChI=1S/C7H9F3OS/c1-2-6(7(8,9)10)4-3-5-12-11/h3-5,11H,2H2,1H3/b5-3+,6-4+. The number of hydrogen-bond acceptors (Lipinski definition) is 2. The van der Waals surface area contributed by atoms with Gasteiger partial charge in [-0.2, -0.15) is 13.2 Å². The maximum Gasteiger partial charge on any atom is 0.412 e. The van der Waals surface area contributed by atoms with Crippen LogP contribution >= 0.6 is 12.0 Å². The van der Waals surface area contributed by atoms with Gasteiger partial charge in [-0.1, -0.05) is 19.1 Å². The minimum absolute atomic E-state index is 0.0655. The van der Waals surface area contributed by atoms with Gasteiger partial charge < -0.3 is 4.55 Å². The second-order valence-corrected chi connectivity index (χ2v) is 2.46. The van der Waals surface area contributed by atoms with Crippen molar-refractivity contribution >= 4 is 12.0 Å². The summed E-state index contributed by atoms with van der Waals surface area (Å²) in [6, 6.07) is 0. The van der Waals surface area contributed by atoms with E-state index < -0.39 is 11.7 Å². The van der Waals surface area contributed by atoms with Crippen LogP contribution in [0.5, 0.6) is 0 Å². The third kappa shape index (κ3) is 4.46. The normalized spacial score (nSPS) is 14.2. The van der Waals surface area contributed by atoms with Crippen LogP contribution in [0.4, 0.5) is 13.2 Å². The summed E-state index contributed by atoms with van der Waals surface area (Å²) >= 11 is 0.372. The number of halogens is 3. The number of allylic oxidation sites excluding steroid dienone is 3.